The molecule has 0 fully saturated rings. The van der Waals surface area contributed by atoms with Crippen molar-refractivity contribution in [1.82, 2.24) is 0 Å². The van der Waals surface area contributed by atoms with Crippen LogP contribution in [0.4, 0.5) is 13.2 Å². The average Bonchev–Trinajstić information content (AvgIpc) is 2.89. The molecule has 0 amide bonds. The molecule has 0 saturated carbocycles. The van der Waals surface area contributed by atoms with Crippen LogP contribution in [0, 0.1) is 5.82 Å². The van der Waals surface area contributed by atoms with Crippen molar-refractivity contribution in [3.63, 3.8) is 0 Å². The van der Waals surface area contributed by atoms with E-state index in [9.17, 15) is 26.7 Å². The number of hydrogen-bond donors (Lipinski definition) is 1. The fourth-order valence-corrected chi connectivity index (χ4v) is 5.21. The number of halogens is 4. The first-order chi connectivity index (χ1) is 11.7. The predicted octanol–water partition coefficient (Wildman–Crippen LogP) is 4.61. The summed E-state index contributed by atoms with van der Waals surface area (Å²) >= 11 is 6.95. The van der Waals surface area contributed by atoms with Crippen LogP contribution >= 0.6 is 23.4 Å². The van der Waals surface area contributed by atoms with Gasteiger partial charge in [0.05, 0.1) is 11.0 Å². The van der Waals surface area contributed by atoms with Crippen molar-refractivity contribution in [1.29, 1.82) is 0 Å². The molecule has 1 aliphatic rings. The summed E-state index contributed by atoms with van der Waals surface area (Å²) < 4.78 is 63.0. The molecule has 134 valence electrons. The van der Waals surface area contributed by atoms with E-state index in [2.05, 4.69) is 0 Å². The maximum absolute atomic E-state index is 13.5. The Morgan fingerprint density at radius 1 is 1.24 bits per heavy atom. The first-order valence-corrected chi connectivity index (χ1v) is 9.94. The largest absolute Gasteiger partial charge is 0.388 e. The number of aliphatic hydroxyl groups is 1. The van der Waals surface area contributed by atoms with Crippen LogP contribution in [0.1, 0.15) is 23.7 Å². The van der Waals surface area contributed by atoms with Gasteiger partial charge in [-0.1, -0.05) is 23.4 Å². The molecule has 0 unspecified atom stereocenters. The molecule has 0 heterocycles. The van der Waals surface area contributed by atoms with Crippen LogP contribution < -0.4 is 0 Å². The fourth-order valence-electron chi connectivity index (χ4n) is 2.83. The van der Waals surface area contributed by atoms with Crippen LogP contribution in [0.25, 0.3) is 0 Å². The van der Waals surface area contributed by atoms with E-state index in [4.69, 9.17) is 11.6 Å². The third kappa shape index (κ3) is 3.53. The first kappa shape index (κ1) is 18.6. The van der Waals surface area contributed by atoms with E-state index in [1.165, 1.54) is 18.2 Å². The molecule has 0 spiro atoms. The number of hydrogen-bond acceptors (Lipinski definition) is 4. The second-order valence-electron chi connectivity index (χ2n) is 5.52. The number of rotatable bonds is 4. The van der Waals surface area contributed by atoms with E-state index in [-0.39, 0.29) is 17.0 Å². The molecule has 0 bridgehead atoms. The molecule has 0 saturated heterocycles. The zero-order chi connectivity index (χ0) is 18.4. The van der Waals surface area contributed by atoms with Gasteiger partial charge in [-0.25, -0.2) is 12.8 Å². The quantitative estimate of drug-likeness (QED) is 0.802. The molecule has 9 heteroatoms. The van der Waals surface area contributed by atoms with Gasteiger partial charge in [0.2, 0.25) is 9.84 Å². The maximum atomic E-state index is 13.5. The lowest BCUT2D eigenvalue weighted by Gasteiger charge is -2.15. The van der Waals surface area contributed by atoms with Gasteiger partial charge in [-0.3, -0.25) is 0 Å². The van der Waals surface area contributed by atoms with Gasteiger partial charge in [0, 0.05) is 20.4 Å². The second-order valence-corrected chi connectivity index (χ2v) is 8.96. The van der Waals surface area contributed by atoms with Gasteiger partial charge in [-0.15, -0.1) is 0 Å². The average molecular weight is 409 g/mol. The summed E-state index contributed by atoms with van der Waals surface area (Å²) in [4.78, 5) is 0.503. The van der Waals surface area contributed by atoms with Crippen molar-refractivity contribution in [2.45, 2.75) is 39.4 Å². The van der Waals surface area contributed by atoms with Crippen LogP contribution in [0.15, 0.2) is 45.0 Å². The minimum atomic E-state index is -4.82. The highest BCUT2D eigenvalue weighted by molar-refractivity contribution is 7.99. The molecule has 1 aliphatic carbocycles. The van der Waals surface area contributed by atoms with Crippen molar-refractivity contribution < 1.29 is 26.7 Å². The maximum Gasteiger partial charge on any atom is 0.341 e. The molecule has 2 aromatic carbocycles. The third-order valence-corrected chi connectivity index (χ3v) is 6.61. The molecular formula is C16H12ClF3O3S2. The lowest BCUT2D eigenvalue weighted by molar-refractivity contribution is 0.176. The monoisotopic (exact) mass is 408 g/mol. The van der Waals surface area contributed by atoms with Crippen LogP contribution in [0.2, 0.25) is 5.02 Å². The van der Waals surface area contributed by atoms with Crippen molar-refractivity contribution in [3.8, 4) is 0 Å². The molecule has 2 aromatic rings. The molecule has 0 aliphatic heterocycles. The Morgan fingerprint density at radius 2 is 1.96 bits per heavy atom. The normalized spacial score (nSPS) is 17.1. The summed E-state index contributed by atoms with van der Waals surface area (Å²) in [7, 11) is -4.82. The SMILES string of the molecule is O=S(=O)(c1ccc(Sc2cc(F)cc(Cl)c2)c2c1[C@H](O)CC2)C(F)F. The third-order valence-electron chi connectivity index (χ3n) is 3.88. The van der Waals surface area contributed by atoms with Crippen molar-refractivity contribution >= 4 is 33.2 Å². The topological polar surface area (TPSA) is 54.4 Å². The standard InChI is InChI=1S/C16H12ClF3O3S2/c17-8-5-9(18)7-10(6-8)24-13-3-4-14(25(22,23)16(19)20)15-11(13)1-2-12(15)21/h3-7,12,16,21H,1-2H2/t12-/m1/s1. The predicted molar refractivity (Wildman–Crippen MR) is 88.4 cm³/mol. The minimum Gasteiger partial charge on any atom is -0.388 e. The highest BCUT2D eigenvalue weighted by Gasteiger charge is 2.35. The second kappa shape index (κ2) is 6.83. The Bertz CT molecular complexity index is 912. The van der Waals surface area contributed by atoms with E-state index in [0.717, 1.165) is 23.9 Å². The van der Waals surface area contributed by atoms with Gasteiger partial charge in [-0.05, 0) is 48.7 Å². The summed E-state index contributed by atoms with van der Waals surface area (Å²) in [6.07, 6.45) is -0.549. The summed E-state index contributed by atoms with van der Waals surface area (Å²) in [5.41, 5.74) is 0.493. The van der Waals surface area contributed by atoms with E-state index in [1.807, 2.05) is 0 Å². The fraction of sp³-hybridized carbons (Fsp3) is 0.250. The Hall–Kier alpha value is -1.22. The van der Waals surface area contributed by atoms with Gasteiger partial charge in [-0.2, -0.15) is 8.78 Å². The molecule has 25 heavy (non-hydrogen) atoms. The van der Waals surface area contributed by atoms with Gasteiger partial charge < -0.3 is 5.11 Å². The van der Waals surface area contributed by atoms with E-state index in [1.54, 1.807) is 0 Å². The van der Waals surface area contributed by atoms with Crippen LogP contribution in [-0.4, -0.2) is 19.3 Å². The molecule has 0 aromatic heterocycles. The molecular weight excluding hydrogens is 397 g/mol. The minimum absolute atomic E-state index is 0.00722. The van der Waals surface area contributed by atoms with E-state index >= 15 is 0 Å². The lowest BCUT2D eigenvalue weighted by Crippen LogP contribution is -2.15. The molecule has 1 atom stereocenters. The Labute approximate surface area is 151 Å². The van der Waals surface area contributed by atoms with Crippen molar-refractivity contribution in [2.75, 3.05) is 0 Å². The highest BCUT2D eigenvalue weighted by atomic mass is 35.5. The van der Waals surface area contributed by atoms with Gasteiger partial charge in [0.25, 0.3) is 0 Å². The molecule has 3 nitrogen and oxygen atoms in total. The smallest absolute Gasteiger partial charge is 0.341 e. The van der Waals surface area contributed by atoms with Crippen LogP contribution in [-0.2, 0) is 16.3 Å². The number of alkyl halides is 2. The summed E-state index contributed by atoms with van der Waals surface area (Å²) in [5, 5.41) is 10.3. The molecule has 1 N–H and O–H groups in total. The zero-order valence-electron chi connectivity index (χ0n) is 12.5. The lowest BCUT2D eigenvalue weighted by atomic mass is 10.1. The van der Waals surface area contributed by atoms with Crippen molar-refractivity contribution in [3.05, 3.63) is 52.3 Å². The zero-order valence-corrected chi connectivity index (χ0v) is 14.9. The van der Waals surface area contributed by atoms with E-state index in [0.29, 0.717) is 21.8 Å². The Kier molecular flexibility index (Phi) is 5.07. The van der Waals surface area contributed by atoms with Gasteiger partial charge >= 0.3 is 5.76 Å². The molecule has 3 rings (SSSR count). The number of fused-ring (bicyclic) bond motifs is 1. The van der Waals surface area contributed by atoms with Gasteiger partial charge in [0.15, 0.2) is 0 Å². The van der Waals surface area contributed by atoms with Crippen molar-refractivity contribution in [2.24, 2.45) is 0 Å². The summed E-state index contributed by atoms with van der Waals surface area (Å²) in [6.45, 7) is 0. The molecule has 0 radical (unpaired) electrons. The summed E-state index contributed by atoms with van der Waals surface area (Å²) in [6, 6.07) is 6.42. The number of aliphatic hydroxyl groups excluding tert-OH is 1. The number of sulfone groups is 1. The first-order valence-electron chi connectivity index (χ1n) is 7.20. The number of benzene rings is 2. The Balaban J connectivity index is 2.09. The Morgan fingerprint density at radius 3 is 2.60 bits per heavy atom. The van der Waals surface area contributed by atoms with E-state index < -0.39 is 32.4 Å². The van der Waals surface area contributed by atoms with Crippen LogP contribution in [0.3, 0.4) is 0 Å². The van der Waals surface area contributed by atoms with Gasteiger partial charge in [0.1, 0.15) is 5.82 Å². The van der Waals surface area contributed by atoms with Crippen LogP contribution in [0.5, 0.6) is 0 Å². The highest BCUT2D eigenvalue weighted by Crippen LogP contribution is 2.44. The summed E-state index contributed by atoms with van der Waals surface area (Å²) in [5.74, 6) is -4.09.